The molecule has 0 aliphatic heterocycles. The van der Waals surface area contributed by atoms with Gasteiger partial charge < -0.3 is 15.9 Å². The molecule has 0 aliphatic rings. The Labute approximate surface area is 84.0 Å². The van der Waals surface area contributed by atoms with Crippen molar-refractivity contribution in [3.63, 3.8) is 0 Å². The van der Waals surface area contributed by atoms with Crippen molar-refractivity contribution in [1.29, 1.82) is 5.26 Å². The largest absolute Gasteiger partial charge is 0.480 e. The van der Waals surface area contributed by atoms with Gasteiger partial charge in [-0.15, -0.1) is 11.3 Å². The first kappa shape index (κ1) is 10.7. The minimum atomic E-state index is -1.36. The van der Waals surface area contributed by atoms with Crippen LogP contribution in [0.4, 0.5) is 0 Å². The number of thiophene rings is 1. The molecule has 0 aliphatic carbocycles. The highest BCUT2D eigenvalue weighted by atomic mass is 32.1. The first-order valence-electron chi connectivity index (χ1n) is 3.71. The van der Waals surface area contributed by atoms with Gasteiger partial charge >= 0.3 is 5.97 Å². The van der Waals surface area contributed by atoms with Gasteiger partial charge in [-0.2, -0.15) is 5.26 Å². The zero-order chi connectivity index (χ0) is 10.7. The molecule has 4 N–H and O–H groups in total. The minimum Gasteiger partial charge on any atom is -0.480 e. The van der Waals surface area contributed by atoms with Crippen molar-refractivity contribution in [3.8, 4) is 6.07 Å². The lowest BCUT2D eigenvalue weighted by atomic mass is 10.1. The summed E-state index contributed by atoms with van der Waals surface area (Å²) in [5, 5.41) is 28.0. The van der Waals surface area contributed by atoms with Crippen molar-refractivity contribution < 1.29 is 15.0 Å². The molecule has 14 heavy (non-hydrogen) atoms. The highest BCUT2D eigenvalue weighted by molar-refractivity contribution is 7.10. The molecular weight excluding hydrogens is 204 g/mol. The molecule has 0 fully saturated rings. The Bertz CT molecular complexity index is 382. The Hall–Kier alpha value is -1.42. The van der Waals surface area contributed by atoms with Gasteiger partial charge in [-0.1, -0.05) is 0 Å². The number of rotatable bonds is 3. The Balaban J connectivity index is 2.84. The Morgan fingerprint density at radius 1 is 1.71 bits per heavy atom. The topological polar surface area (TPSA) is 107 Å². The first-order valence-corrected chi connectivity index (χ1v) is 4.59. The van der Waals surface area contributed by atoms with E-state index >= 15 is 0 Å². The van der Waals surface area contributed by atoms with Gasteiger partial charge in [-0.25, -0.2) is 0 Å². The fraction of sp³-hybridized carbons (Fsp3) is 0.250. The van der Waals surface area contributed by atoms with E-state index in [1.54, 1.807) is 0 Å². The van der Waals surface area contributed by atoms with E-state index in [9.17, 15) is 9.90 Å². The minimum absolute atomic E-state index is 0.386. The van der Waals surface area contributed by atoms with Crippen molar-refractivity contribution in [3.05, 3.63) is 21.9 Å². The predicted molar refractivity (Wildman–Crippen MR) is 49.6 cm³/mol. The fourth-order valence-electron chi connectivity index (χ4n) is 0.879. The van der Waals surface area contributed by atoms with Gasteiger partial charge in [-0.3, -0.25) is 4.79 Å². The number of aliphatic hydroxyl groups is 1. The number of nitrogens with zero attached hydrogens (tertiary/aromatic N) is 1. The number of nitriles is 1. The Morgan fingerprint density at radius 3 is 2.79 bits per heavy atom. The van der Waals surface area contributed by atoms with Crippen LogP contribution in [0.25, 0.3) is 0 Å². The molecule has 1 heterocycles. The molecule has 0 radical (unpaired) electrons. The summed E-state index contributed by atoms with van der Waals surface area (Å²) in [4.78, 5) is 10.8. The number of aliphatic carboxylic acids is 1. The van der Waals surface area contributed by atoms with E-state index in [1.807, 2.05) is 6.07 Å². The summed E-state index contributed by atoms with van der Waals surface area (Å²) in [7, 11) is 0. The molecule has 1 aromatic heterocycles. The standard InChI is InChI=1S/C8H8N2O3S/c9-2-4-1-5(14-3-4)7(11)6(10)8(12)13/h1,3,6-7,11H,10H2,(H,12,13). The molecule has 6 heteroatoms. The van der Waals surface area contributed by atoms with Crippen molar-refractivity contribution >= 4 is 17.3 Å². The number of aliphatic hydroxyl groups excluding tert-OH is 1. The molecule has 0 saturated heterocycles. The average Bonchev–Trinajstić information content (AvgIpc) is 2.63. The predicted octanol–water partition coefficient (Wildman–Crippen LogP) is 0.0651. The number of carboxylic acids is 1. The summed E-state index contributed by atoms with van der Waals surface area (Å²) in [5.41, 5.74) is 5.61. The average molecular weight is 212 g/mol. The Morgan fingerprint density at radius 2 is 2.36 bits per heavy atom. The maximum Gasteiger partial charge on any atom is 0.323 e. The Kier molecular flexibility index (Phi) is 3.19. The lowest BCUT2D eigenvalue weighted by Crippen LogP contribution is -2.36. The van der Waals surface area contributed by atoms with E-state index < -0.39 is 18.1 Å². The molecule has 2 atom stereocenters. The normalized spacial score (nSPS) is 14.4. The number of nitrogens with two attached hydrogens (primary N) is 1. The maximum absolute atomic E-state index is 10.4. The van der Waals surface area contributed by atoms with E-state index in [1.165, 1.54) is 11.4 Å². The van der Waals surface area contributed by atoms with Crippen molar-refractivity contribution in [2.24, 2.45) is 5.73 Å². The van der Waals surface area contributed by atoms with Crippen LogP contribution < -0.4 is 5.73 Å². The van der Waals surface area contributed by atoms with Crippen molar-refractivity contribution in [2.75, 3.05) is 0 Å². The van der Waals surface area contributed by atoms with E-state index in [0.717, 1.165) is 11.3 Å². The van der Waals surface area contributed by atoms with Crippen molar-refractivity contribution in [2.45, 2.75) is 12.1 Å². The second-order valence-corrected chi connectivity index (χ2v) is 3.60. The van der Waals surface area contributed by atoms with Crippen LogP contribution in [-0.4, -0.2) is 22.2 Å². The summed E-state index contributed by atoms with van der Waals surface area (Å²) in [5.74, 6) is -1.27. The zero-order valence-corrected chi connectivity index (χ0v) is 7.86. The number of hydrogen-bond acceptors (Lipinski definition) is 5. The second-order valence-electron chi connectivity index (χ2n) is 2.66. The zero-order valence-electron chi connectivity index (χ0n) is 7.04. The van der Waals surface area contributed by atoms with E-state index in [0.29, 0.717) is 10.4 Å². The van der Waals surface area contributed by atoms with Gasteiger partial charge in [0, 0.05) is 10.3 Å². The molecule has 0 aromatic carbocycles. The van der Waals surface area contributed by atoms with E-state index in [2.05, 4.69) is 0 Å². The SMILES string of the molecule is N#Cc1csc(C(O)C(N)C(=O)O)c1. The first-order chi connectivity index (χ1) is 6.56. The third kappa shape index (κ3) is 2.09. The van der Waals surface area contributed by atoms with Gasteiger partial charge in [0.25, 0.3) is 0 Å². The molecule has 0 amide bonds. The smallest absolute Gasteiger partial charge is 0.323 e. The monoisotopic (exact) mass is 212 g/mol. The highest BCUT2D eigenvalue weighted by Crippen LogP contribution is 2.23. The summed E-state index contributed by atoms with van der Waals surface area (Å²) in [6.45, 7) is 0. The summed E-state index contributed by atoms with van der Waals surface area (Å²) in [6.07, 6.45) is -1.26. The second kappa shape index (κ2) is 4.19. The third-order valence-electron chi connectivity index (χ3n) is 1.67. The molecule has 0 saturated carbocycles. The van der Waals surface area contributed by atoms with Crippen LogP contribution in [-0.2, 0) is 4.79 Å². The molecule has 0 spiro atoms. The van der Waals surface area contributed by atoms with Gasteiger partial charge in [-0.05, 0) is 6.07 Å². The van der Waals surface area contributed by atoms with Crippen molar-refractivity contribution in [1.82, 2.24) is 0 Å². The lowest BCUT2D eigenvalue weighted by molar-refractivity contribution is -0.141. The van der Waals surface area contributed by atoms with Crippen LogP contribution in [0.1, 0.15) is 16.5 Å². The molecule has 5 nitrogen and oxygen atoms in total. The van der Waals surface area contributed by atoms with Crippen LogP contribution in [0.2, 0.25) is 0 Å². The van der Waals surface area contributed by atoms with E-state index in [4.69, 9.17) is 16.1 Å². The molecule has 0 bridgehead atoms. The number of carbonyl (C=O) groups is 1. The quantitative estimate of drug-likeness (QED) is 0.657. The molecule has 74 valence electrons. The summed E-state index contributed by atoms with van der Waals surface area (Å²) < 4.78 is 0. The molecule has 2 unspecified atom stereocenters. The van der Waals surface area contributed by atoms with Gasteiger partial charge in [0.2, 0.25) is 0 Å². The highest BCUT2D eigenvalue weighted by Gasteiger charge is 2.24. The number of carboxylic acid groups (broad SMARTS) is 1. The summed E-state index contributed by atoms with van der Waals surface area (Å²) >= 11 is 1.11. The maximum atomic E-state index is 10.4. The van der Waals surface area contributed by atoms with Gasteiger partial charge in [0.15, 0.2) is 0 Å². The summed E-state index contributed by atoms with van der Waals surface area (Å²) in [6, 6.07) is 1.95. The molecule has 1 aromatic rings. The third-order valence-corrected chi connectivity index (χ3v) is 2.67. The van der Waals surface area contributed by atoms with Crippen LogP contribution in [0.15, 0.2) is 11.4 Å². The van der Waals surface area contributed by atoms with Crippen LogP contribution in [0.5, 0.6) is 0 Å². The van der Waals surface area contributed by atoms with Crippen LogP contribution in [0, 0.1) is 11.3 Å². The molecule has 1 rings (SSSR count). The van der Waals surface area contributed by atoms with E-state index in [-0.39, 0.29) is 0 Å². The lowest BCUT2D eigenvalue weighted by Gasteiger charge is -2.12. The molecular formula is C8H8N2O3S. The van der Waals surface area contributed by atoms with Gasteiger partial charge in [0.05, 0.1) is 5.56 Å². The van der Waals surface area contributed by atoms with Gasteiger partial charge in [0.1, 0.15) is 18.2 Å². The number of hydrogen-bond donors (Lipinski definition) is 3. The van der Waals surface area contributed by atoms with Crippen LogP contribution >= 0.6 is 11.3 Å². The van der Waals surface area contributed by atoms with Crippen LogP contribution in [0.3, 0.4) is 0 Å². The fourth-order valence-corrected chi connectivity index (χ4v) is 1.74.